The van der Waals surface area contributed by atoms with Crippen molar-refractivity contribution in [1.29, 1.82) is 5.26 Å². The van der Waals surface area contributed by atoms with Gasteiger partial charge in [-0.05, 0) is 43.1 Å². The summed E-state index contributed by atoms with van der Waals surface area (Å²) < 4.78 is 0. The fourth-order valence-electron chi connectivity index (χ4n) is 3.98. The maximum Gasteiger partial charge on any atom is 0.164 e. The molecule has 0 saturated carbocycles. The van der Waals surface area contributed by atoms with Crippen LogP contribution in [0.25, 0.3) is 27.5 Å². The molecule has 0 amide bonds. The van der Waals surface area contributed by atoms with Crippen LogP contribution in [0, 0.1) is 11.3 Å². The van der Waals surface area contributed by atoms with E-state index in [2.05, 4.69) is 42.6 Å². The Labute approximate surface area is 169 Å². The van der Waals surface area contributed by atoms with E-state index in [-0.39, 0.29) is 0 Å². The van der Waals surface area contributed by atoms with Crippen LogP contribution in [0.15, 0.2) is 24.7 Å². The van der Waals surface area contributed by atoms with E-state index in [1.807, 2.05) is 19.4 Å². The first-order valence-corrected chi connectivity index (χ1v) is 9.98. The number of nitrogens with two attached hydrogens (primary N) is 1. The van der Waals surface area contributed by atoms with Crippen LogP contribution in [0.1, 0.15) is 24.1 Å². The van der Waals surface area contributed by atoms with Gasteiger partial charge in [-0.2, -0.15) is 5.26 Å². The number of fused-ring (bicyclic) bond motifs is 3. The molecule has 4 rings (SSSR count). The molecule has 4 heterocycles. The second kappa shape index (κ2) is 8.47. The van der Waals surface area contributed by atoms with Gasteiger partial charge in [-0.3, -0.25) is 0 Å². The molecule has 8 heteroatoms. The normalized spacial score (nSPS) is 15.1. The number of likely N-dealkylation sites (tertiary alicyclic amines) is 1. The standard InChI is InChI=1S/C21H26N8/c1-24-11-15(9-22)14-8-16-19-18(28-21(16)27-12-14)13-26-17(10-23)20(19)25-4-7-29-5-2-3-6-29/h8,11-13,24-25H,2-7,9,22H2,1H3,(H,27,28)/b15-11+. The van der Waals surface area contributed by atoms with E-state index in [0.717, 1.165) is 64.9 Å². The number of aromatic nitrogens is 3. The molecule has 3 aromatic heterocycles. The largest absolute Gasteiger partial charge is 0.394 e. The third-order valence-corrected chi connectivity index (χ3v) is 5.43. The summed E-state index contributed by atoms with van der Waals surface area (Å²) in [4.78, 5) is 14.7. The Hall–Kier alpha value is -3.15. The van der Waals surface area contributed by atoms with Crippen LogP contribution in [0.3, 0.4) is 0 Å². The highest BCUT2D eigenvalue weighted by Crippen LogP contribution is 2.33. The molecule has 1 aliphatic rings. The molecule has 0 unspecified atom stereocenters. The van der Waals surface area contributed by atoms with E-state index >= 15 is 0 Å². The molecule has 0 spiro atoms. The van der Waals surface area contributed by atoms with Crippen molar-refractivity contribution in [3.63, 3.8) is 0 Å². The minimum Gasteiger partial charge on any atom is -0.394 e. The van der Waals surface area contributed by atoms with E-state index in [9.17, 15) is 5.26 Å². The van der Waals surface area contributed by atoms with Gasteiger partial charge in [0.2, 0.25) is 0 Å². The predicted molar refractivity (Wildman–Crippen MR) is 116 cm³/mol. The number of hydrogen-bond acceptors (Lipinski definition) is 7. The van der Waals surface area contributed by atoms with E-state index in [1.54, 1.807) is 6.20 Å². The number of rotatable bonds is 7. The summed E-state index contributed by atoms with van der Waals surface area (Å²) in [6.07, 6.45) is 7.93. The van der Waals surface area contributed by atoms with Gasteiger partial charge in [0.05, 0.1) is 17.4 Å². The van der Waals surface area contributed by atoms with Gasteiger partial charge in [-0.15, -0.1) is 0 Å². The lowest BCUT2D eigenvalue weighted by atomic mass is 10.1. The monoisotopic (exact) mass is 390 g/mol. The van der Waals surface area contributed by atoms with Gasteiger partial charge in [0.25, 0.3) is 0 Å². The van der Waals surface area contributed by atoms with Crippen LogP contribution in [0.5, 0.6) is 0 Å². The van der Waals surface area contributed by atoms with Crippen molar-refractivity contribution in [3.8, 4) is 6.07 Å². The molecule has 1 fully saturated rings. The van der Waals surface area contributed by atoms with Crippen molar-refractivity contribution in [2.24, 2.45) is 5.73 Å². The zero-order valence-corrected chi connectivity index (χ0v) is 16.6. The quantitative estimate of drug-likeness (QED) is 0.487. The summed E-state index contributed by atoms with van der Waals surface area (Å²) in [7, 11) is 1.85. The van der Waals surface area contributed by atoms with Crippen LogP contribution in [-0.4, -0.2) is 59.6 Å². The fraction of sp³-hybridized carbons (Fsp3) is 0.381. The van der Waals surface area contributed by atoms with Gasteiger partial charge >= 0.3 is 0 Å². The van der Waals surface area contributed by atoms with Crippen molar-refractivity contribution in [2.75, 3.05) is 45.1 Å². The summed E-state index contributed by atoms with van der Waals surface area (Å²) in [5.74, 6) is 0. The first-order valence-electron chi connectivity index (χ1n) is 9.98. The van der Waals surface area contributed by atoms with Crippen molar-refractivity contribution in [3.05, 3.63) is 35.9 Å². The predicted octanol–water partition coefficient (Wildman–Crippen LogP) is 2.01. The average Bonchev–Trinajstić information content (AvgIpc) is 3.39. The number of anilines is 1. The van der Waals surface area contributed by atoms with E-state index < -0.39 is 0 Å². The summed E-state index contributed by atoms with van der Waals surface area (Å²) >= 11 is 0. The molecule has 3 aromatic rings. The molecular formula is C21H26N8. The summed E-state index contributed by atoms with van der Waals surface area (Å²) in [5, 5.41) is 18.0. The van der Waals surface area contributed by atoms with E-state index in [4.69, 9.17) is 5.73 Å². The zero-order chi connectivity index (χ0) is 20.2. The Kier molecular flexibility index (Phi) is 5.60. The molecule has 1 saturated heterocycles. The van der Waals surface area contributed by atoms with Crippen molar-refractivity contribution >= 4 is 33.2 Å². The number of aromatic amines is 1. The third kappa shape index (κ3) is 3.75. The van der Waals surface area contributed by atoms with Crippen LogP contribution in [0.4, 0.5) is 5.69 Å². The topological polar surface area (TPSA) is 119 Å². The van der Waals surface area contributed by atoms with Crippen LogP contribution in [0.2, 0.25) is 0 Å². The first-order chi connectivity index (χ1) is 14.2. The van der Waals surface area contributed by atoms with Gasteiger partial charge in [0, 0.05) is 49.9 Å². The molecule has 0 aromatic carbocycles. The second-order valence-corrected chi connectivity index (χ2v) is 7.27. The minimum absolute atomic E-state index is 0.398. The molecule has 1 aliphatic heterocycles. The summed E-state index contributed by atoms with van der Waals surface area (Å²) in [6, 6.07) is 4.30. The van der Waals surface area contributed by atoms with Crippen LogP contribution < -0.4 is 16.4 Å². The molecule has 5 N–H and O–H groups in total. The Morgan fingerprint density at radius 2 is 2.17 bits per heavy atom. The molecule has 29 heavy (non-hydrogen) atoms. The highest BCUT2D eigenvalue weighted by atomic mass is 15.2. The van der Waals surface area contributed by atoms with Gasteiger partial charge in [-0.1, -0.05) is 0 Å². The maximum absolute atomic E-state index is 9.63. The molecule has 0 atom stereocenters. The zero-order valence-electron chi connectivity index (χ0n) is 16.6. The first kappa shape index (κ1) is 19.2. The Balaban J connectivity index is 1.77. The fourth-order valence-corrected chi connectivity index (χ4v) is 3.98. The number of nitrogens with one attached hydrogen (secondary N) is 3. The molecular weight excluding hydrogens is 364 g/mol. The average molecular weight is 390 g/mol. The number of nitrogens with zero attached hydrogens (tertiary/aromatic N) is 4. The summed E-state index contributed by atoms with van der Waals surface area (Å²) in [6.45, 7) is 4.42. The van der Waals surface area contributed by atoms with Gasteiger partial charge in [0.1, 0.15) is 11.7 Å². The third-order valence-electron chi connectivity index (χ3n) is 5.43. The number of nitriles is 1. The lowest BCUT2D eigenvalue weighted by Gasteiger charge is -2.16. The molecule has 0 aliphatic carbocycles. The highest BCUT2D eigenvalue weighted by Gasteiger charge is 2.17. The number of pyridine rings is 2. The summed E-state index contributed by atoms with van der Waals surface area (Å²) in [5.41, 5.74) is 10.6. The highest BCUT2D eigenvalue weighted by molar-refractivity contribution is 6.13. The van der Waals surface area contributed by atoms with Crippen molar-refractivity contribution in [1.82, 2.24) is 25.2 Å². The Bertz CT molecular complexity index is 1090. The molecule has 150 valence electrons. The molecule has 0 bridgehead atoms. The van der Waals surface area contributed by atoms with Crippen molar-refractivity contribution < 1.29 is 0 Å². The minimum atomic E-state index is 0.398. The van der Waals surface area contributed by atoms with Crippen molar-refractivity contribution in [2.45, 2.75) is 12.8 Å². The number of H-pyrrole nitrogens is 1. The van der Waals surface area contributed by atoms with Gasteiger partial charge in [0.15, 0.2) is 5.69 Å². The second-order valence-electron chi connectivity index (χ2n) is 7.27. The molecule has 0 radical (unpaired) electrons. The SMILES string of the molecule is CN/C=C(\CN)c1cnc2[nH]c3cnc(C#N)c(NCCN4CCCC4)c3c2c1. The Morgan fingerprint density at radius 3 is 2.90 bits per heavy atom. The van der Waals surface area contributed by atoms with Crippen LogP contribution >= 0.6 is 0 Å². The van der Waals surface area contributed by atoms with Gasteiger partial charge < -0.3 is 26.3 Å². The smallest absolute Gasteiger partial charge is 0.164 e. The lowest BCUT2D eigenvalue weighted by molar-refractivity contribution is 0.353. The van der Waals surface area contributed by atoms with E-state index in [0.29, 0.717) is 12.2 Å². The van der Waals surface area contributed by atoms with Gasteiger partial charge in [-0.25, -0.2) is 9.97 Å². The lowest BCUT2D eigenvalue weighted by Crippen LogP contribution is -2.26. The molecule has 8 nitrogen and oxygen atoms in total. The Morgan fingerprint density at radius 1 is 1.34 bits per heavy atom. The maximum atomic E-state index is 9.63. The van der Waals surface area contributed by atoms with Crippen LogP contribution in [-0.2, 0) is 0 Å². The van der Waals surface area contributed by atoms with E-state index in [1.165, 1.54) is 12.8 Å². The number of hydrogen-bond donors (Lipinski definition) is 4.